The number of hydrogen-bond donors (Lipinski definition) is 0. The summed E-state index contributed by atoms with van der Waals surface area (Å²) in [4.78, 5) is 2.37. The molecule has 1 aliphatic rings. The minimum absolute atomic E-state index is 0.603. The van der Waals surface area contributed by atoms with Crippen molar-refractivity contribution >= 4 is 12.3 Å². The molecule has 0 saturated carbocycles. The van der Waals surface area contributed by atoms with E-state index in [0.717, 1.165) is 6.54 Å². The van der Waals surface area contributed by atoms with Gasteiger partial charge < -0.3 is 4.81 Å². The maximum atomic E-state index is 2.37. The van der Waals surface area contributed by atoms with Crippen LogP contribution >= 0.6 is 0 Å². The van der Waals surface area contributed by atoms with Gasteiger partial charge in [0.15, 0.2) is 0 Å². The van der Waals surface area contributed by atoms with Crippen LogP contribution in [0.1, 0.15) is 5.56 Å². The van der Waals surface area contributed by atoms with Gasteiger partial charge in [0.2, 0.25) is 0 Å². The molecule has 1 aliphatic heterocycles. The summed E-state index contributed by atoms with van der Waals surface area (Å²) in [5, 5.41) is 0. The zero-order valence-electron chi connectivity index (χ0n) is 7.04. The van der Waals surface area contributed by atoms with Crippen LogP contribution in [0.5, 0.6) is 0 Å². The van der Waals surface area contributed by atoms with E-state index < -0.39 is 0 Å². The van der Waals surface area contributed by atoms with Crippen LogP contribution in [0.4, 0.5) is 0 Å². The van der Waals surface area contributed by atoms with Crippen molar-refractivity contribution in [1.82, 2.24) is 4.81 Å². The van der Waals surface area contributed by atoms with Gasteiger partial charge in [0.1, 0.15) is 0 Å². The highest BCUT2D eigenvalue weighted by atomic mass is 15.0. The van der Waals surface area contributed by atoms with Gasteiger partial charge in [-0.3, -0.25) is 0 Å². The van der Waals surface area contributed by atoms with E-state index in [-0.39, 0.29) is 0 Å². The van der Waals surface area contributed by atoms with E-state index in [1.807, 2.05) is 0 Å². The molecular formula is C9H12BN. The van der Waals surface area contributed by atoms with Gasteiger partial charge in [-0.1, -0.05) is 36.6 Å². The Labute approximate surface area is 68.1 Å². The molecule has 1 nitrogen and oxygen atoms in total. The molecule has 11 heavy (non-hydrogen) atoms. The van der Waals surface area contributed by atoms with Gasteiger partial charge in [-0.25, -0.2) is 0 Å². The van der Waals surface area contributed by atoms with E-state index in [9.17, 15) is 0 Å². The molecule has 0 spiro atoms. The van der Waals surface area contributed by atoms with Crippen molar-refractivity contribution in [3.05, 3.63) is 29.8 Å². The largest absolute Gasteiger partial charge is 0.337 e. The molecular weight excluding hydrogens is 133 g/mol. The monoisotopic (exact) mass is 145 g/mol. The van der Waals surface area contributed by atoms with E-state index in [2.05, 4.69) is 42.9 Å². The lowest BCUT2D eigenvalue weighted by atomic mass is 9.59. The Hall–Kier alpha value is -0.755. The fourth-order valence-corrected chi connectivity index (χ4v) is 1.73. The second kappa shape index (κ2) is 2.38. The van der Waals surface area contributed by atoms with E-state index in [1.54, 1.807) is 0 Å². The number of benzene rings is 1. The third-order valence-corrected chi connectivity index (χ3v) is 2.59. The van der Waals surface area contributed by atoms with Gasteiger partial charge in [-0.2, -0.15) is 0 Å². The topological polar surface area (TPSA) is 3.24 Å². The highest BCUT2D eigenvalue weighted by Gasteiger charge is 2.25. The smallest absolute Gasteiger partial charge is 0.254 e. The van der Waals surface area contributed by atoms with Gasteiger partial charge in [-0.05, 0) is 12.6 Å². The van der Waals surface area contributed by atoms with Crippen LogP contribution in [0.15, 0.2) is 24.3 Å². The van der Waals surface area contributed by atoms with Crippen LogP contribution in [0.3, 0.4) is 0 Å². The Balaban J connectivity index is 2.47. The number of hydrogen-bond acceptors (Lipinski definition) is 1. The normalized spacial score (nSPS) is 17.1. The molecule has 0 aromatic heterocycles. The summed E-state index contributed by atoms with van der Waals surface area (Å²) in [6, 6.07) is 8.68. The van der Waals surface area contributed by atoms with Crippen molar-refractivity contribution in [2.24, 2.45) is 0 Å². The summed E-state index contributed by atoms with van der Waals surface area (Å²) in [6.45, 7) is 3.97. The lowest BCUT2D eigenvalue weighted by Gasteiger charge is -2.10. The first-order valence-electron chi connectivity index (χ1n) is 4.07. The maximum absolute atomic E-state index is 2.37. The Kier molecular flexibility index (Phi) is 1.50. The van der Waals surface area contributed by atoms with Gasteiger partial charge in [-0.15, -0.1) is 0 Å². The Morgan fingerprint density at radius 1 is 1.36 bits per heavy atom. The molecule has 0 unspecified atom stereocenters. The number of fused-ring (bicyclic) bond motifs is 1. The van der Waals surface area contributed by atoms with E-state index in [4.69, 9.17) is 0 Å². The Bertz CT molecular complexity index is 272. The van der Waals surface area contributed by atoms with E-state index >= 15 is 0 Å². The van der Waals surface area contributed by atoms with Gasteiger partial charge in [0.05, 0.1) is 0 Å². The van der Waals surface area contributed by atoms with Crippen LogP contribution in [-0.2, 0) is 6.54 Å². The first-order chi connectivity index (χ1) is 5.29. The summed E-state index contributed by atoms with van der Waals surface area (Å²) in [7, 11) is 2.17. The summed E-state index contributed by atoms with van der Waals surface area (Å²) >= 11 is 0. The van der Waals surface area contributed by atoms with Crippen molar-refractivity contribution in [2.45, 2.75) is 13.4 Å². The lowest BCUT2D eigenvalue weighted by molar-refractivity contribution is 0.542. The first-order valence-corrected chi connectivity index (χ1v) is 4.07. The molecule has 0 amide bonds. The van der Waals surface area contributed by atoms with Crippen LogP contribution < -0.4 is 5.46 Å². The molecule has 0 bridgehead atoms. The molecule has 56 valence electrons. The fourth-order valence-electron chi connectivity index (χ4n) is 1.73. The van der Waals surface area contributed by atoms with Crippen molar-refractivity contribution in [2.75, 3.05) is 7.05 Å². The second-order valence-corrected chi connectivity index (χ2v) is 3.29. The average Bonchev–Trinajstić information content (AvgIpc) is 2.30. The maximum Gasteiger partial charge on any atom is 0.254 e. The molecule has 0 aliphatic carbocycles. The highest BCUT2D eigenvalue weighted by molar-refractivity contribution is 6.70. The molecule has 2 heteroatoms. The molecule has 0 fully saturated rings. The minimum atomic E-state index is 0.603. The minimum Gasteiger partial charge on any atom is -0.337 e. The predicted octanol–water partition coefficient (Wildman–Crippen LogP) is 0.960. The van der Waals surface area contributed by atoms with Crippen LogP contribution in [0.2, 0.25) is 6.82 Å². The number of nitrogens with zero attached hydrogens (tertiary/aromatic N) is 1. The van der Waals surface area contributed by atoms with Crippen LogP contribution in [-0.4, -0.2) is 18.7 Å². The molecule has 0 atom stereocenters. The average molecular weight is 145 g/mol. The zero-order valence-corrected chi connectivity index (χ0v) is 7.04. The summed E-state index contributed by atoms with van der Waals surface area (Å²) < 4.78 is 0. The lowest BCUT2D eigenvalue weighted by Crippen LogP contribution is -2.35. The molecule has 0 saturated heterocycles. The molecule has 2 rings (SSSR count). The second-order valence-electron chi connectivity index (χ2n) is 3.29. The van der Waals surface area contributed by atoms with Gasteiger partial charge in [0.25, 0.3) is 6.85 Å². The van der Waals surface area contributed by atoms with Crippen molar-refractivity contribution in [3.63, 3.8) is 0 Å². The molecule has 0 radical (unpaired) electrons. The SMILES string of the molecule is CB1c2ccccc2CN1C. The predicted molar refractivity (Wildman–Crippen MR) is 49.2 cm³/mol. The Morgan fingerprint density at radius 2 is 2.09 bits per heavy atom. The molecule has 1 aromatic rings. The van der Waals surface area contributed by atoms with Crippen LogP contribution in [0.25, 0.3) is 0 Å². The molecule has 0 N–H and O–H groups in total. The van der Waals surface area contributed by atoms with Gasteiger partial charge >= 0.3 is 0 Å². The summed E-state index contributed by atoms with van der Waals surface area (Å²) in [6.07, 6.45) is 0. The standard InChI is InChI=1S/C9H12BN/c1-10-9-6-4-3-5-8(9)7-11(10)2/h3-6H,7H2,1-2H3. The first kappa shape index (κ1) is 6.92. The summed E-state index contributed by atoms with van der Waals surface area (Å²) in [5.41, 5.74) is 2.98. The molecule has 1 aromatic carbocycles. The Morgan fingerprint density at radius 3 is 2.82 bits per heavy atom. The van der Waals surface area contributed by atoms with E-state index in [1.165, 1.54) is 11.0 Å². The van der Waals surface area contributed by atoms with Gasteiger partial charge in [0, 0.05) is 6.54 Å². The fraction of sp³-hybridized carbons (Fsp3) is 0.333. The van der Waals surface area contributed by atoms with E-state index in [0.29, 0.717) is 6.85 Å². The van der Waals surface area contributed by atoms with Crippen LogP contribution in [0, 0.1) is 0 Å². The van der Waals surface area contributed by atoms with Crippen molar-refractivity contribution < 1.29 is 0 Å². The molecule has 1 heterocycles. The van der Waals surface area contributed by atoms with Crippen molar-refractivity contribution in [1.29, 1.82) is 0 Å². The zero-order chi connectivity index (χ0) is 7.84. The number of rotatable bonds is 0. The van der Waals surface area contributed by atoms with Crippen molar-refractivity contribution in [3.8, 4) is 0 Å². The third-order valence-electron chi connectivity index (χ3n) is 2.59. The third kappa shape index (κ3) is 0.981. The highest BCUT2D eigenvalue weighted by Crippen LogP contribution is 2.11. The summed E-state index contributed by atoms with van der Waals surface area (Å²) in [5.74, 6) is 0. The quantitative estimate of drug-likeness (QED) is 0.491.